The van der Waals surface area contributed by atoms with Crippen LogP contribution in [0.25, 0.3) is 0 Å². The van der Waals surface area contributed by atoms with Crippen LogP contribution in [-0.4, -0.2) is 27.9 Å². The Balaban J connectivity index is 1.79. The Morgan fingerprint density at radius 2 is 2.57 bits per heavy atom. The zero-order valence-corrected chi connectivity index (χ0v) is 9.39. The van der Waals surface area contributed by atoms with Crippen LogP contribution in [0.3, 0.4) is 0 Å². The molecule has 0 unspecified atom stereocenters. The third-order valence-electron chi connectivity index (χ3n) is 2.60. The van der Waals surface area contributed by atoms with Crippen LogP contribution in [0.5, 0.6) is 0 Å². The van der Waals surface area contributed by atoms with Crippen LogP contribution < -0.4 is 5.32 Å². The van der Waals surface area contributed by atoms with Gasteiger partial charge in [-0.15, -0.1) is 0 Å². The van der Waals surface area contributed by atoms with Gasteiger partial charge in [0.05, 0.1) is 0 Å². The van der Waals surface area contributed by atoms with E-state index in [0.717, 1.165) is 10.9 Å². The van der Waals surface area contributed by atoms with E-state index in [-0.39, 0.29) is 0 Å². The number of hydrogen-bond acceptors (Lipinski definition) is 3. The maximum Gasteiger partial charge on any atom is 0.167 e. The van der Waals surface area contributed by atoms with Crippen molar-refractivity contribution in [3.63, 3.8) is 0 Å². The van der Waals surface area contributed by atoms with E-state index >= 15 is 0 Å². The number of nitrogens with one attached hydrogen (secondary N) is 1. The second-order valence-electron chi connectivity index (χ2n) is 3.78. The summed E-state index contributed by atoms with van der Waals surface area (Å²) >= 11 is 1.85. The zero-order chi connectivity index (χ0) is 9.80. The molecule has 78 valence electrons. The van der Waals surface area contributed by atoms with Gasteiger partial charge in [0.25, 0.3) is 0 Å². The van der Waals surface area contributed by atoms with Crippen molar-refractivity contribution in [1.82, 2.24) is 14.9 Å². The van der Waals surface area contributed by atoms with Crippen LogP contribution >= 0.6 is 11.8 Å². The molecule has 4 heteroatoms. The lowest BCUT2D eigenvalue weighted by atomic mass is 10.1. The zero-order valence-electron chi connectivity index (χ0n) is 8.57. The summed E-state index contributed by atoms with van der Waals surface area (Å²) in [5, 5.41) is 4.67. The first-order valence-electron chi connectivity index (χ1n) is 5.20. The normalized spacial score (nSPS) is 22.5. The number of nitrogens with zero attached hydrogens (tertiary/aromatic N) is 2. The summed E-state index contributed by atoms with van der Waals surface area (Å²) in [6, 6.07) is 0.686. The molecule has 2 rings (SSSR count). The molecule has 1 aliphatic rings. The highest BCUT2D eigenvalue weighted by Crippen LogP contribution is 2.18. The monoisotopic (exact) mass is 211 g/mol. The van der Waals surface area contributed by atoms with Crippen molar-refractivity contribution in [3.05, 3.63) is 12.4 Å². The van der Waals surface area contributed by atoms with E-state index in [9.17, 15) is 0 Å². The number of aryl methyl sites for hydroxylation is 1. The number of thioether (sulfide) groups is 1. The van der Waals surface area contributed by atoms with Crippen molar-refractivity contribution in [2.45, 2.75) is 30.5 Å². The Morgan fingerprint density at radius 1 is 1.64 bits per heavy atom. The topological polar surface area (TPSA) is 29.9 Å². The van der Waals surface area contributed by atoms with Gasteiger partial charge < -0.3 is 9.88 Å². The molecular formula is C10H17N3S. The maximum absolute atomic E-state index is 4.30. The van der Waals surface area contributed by atoms with Crippen LogP contribution in [0.1, 0.15) is 19.3 Å². The predicted octanol–water partition coefficient (Wildman–Crippen LogP) is 1.65. The van der Waals surface area contributed by atoms with Gasteiger partial charge in [-0.05, 0) is 19.4 Å². The Labute approximate surface area is 89.3 Å². The van der Waals surface area contributed by atoms with E-state index in [1.807, 2.05) is 31.2 Å². The second kappa shape index (κ2) is 4.84. The molecule has 0 radical (unpaired) electrons. The third kappa shape index (κ3) is 2.51. The molecule has 0 amide bonds. The first-order valence-corrected chi connectivity index (χ1v) is 6.18. The summed E-state index contributed by atoms with van der Waals surface area (Å²) < 4.78 is 2.08. The largest absolute Gasteiger partial charge is 0.329 e. The predicted molar refractivity (Wildman–Crippen MR) is 59.6 cm³/mol. The Kier molecular flexibility index (Phi) is 3.48. The van der Waals surface area contributed by atoms with Gasteiger partial charge in [-0.2, -0.15) is 0 Å². The minimum Gasteiger partial charge on any atom is -0.329 e. The molecule has 1 aromatic rings. The molecule has 1 fully saturated rings. The van der Waals surface area contributed by atoms with Gasteiger partial charge >= 0.3 is 0 Å². The third-order valence-corrected chi connectivity index (χ3v) is 3.82. The fourth-order valence-electron chi connectivity index (χ4n) is 1.73. The van der Waals surface area contributed by atoms with Crippen LogP contribution in [0, 0.1) is 0 Å². The van der Waals surface area contributed by atoms with Crippen LogP contribution in [-0.2, 0) is 7.05 Å². The van der Waals surface area contributed by atoms with Crippen molar-refractivity contribution in [2.24, 2.45) is 7.05 Å². The molecule has 2 heterocycles. The molecule has 0 bridgehead atoms. The molecule has 1 aliphatic heterocycles. The molecule has 0 aromatic carbocycles. The summed E-state index contributed by atoms with van der Waals surface area (Å²) in [4.78, 5) is 4.30. The van der Waals surface area contributed by atoms with Gasteiger partial charge in [0.2, 0.25) is 0 Å². The Hall–Kier alpha value is -0.480. The molecule has 14 heavy (non-hydrogen) atoms. The SMILES string of the molecule is Cn1ccnc1SC[C@H]1CCCCN1. The fraction of sp³-hybridized carbons (Fsp3) is 0.700. The maximum atomic E-state index is 4.30. The second-order valence-corrected chi connectivity index (χ2v) is 4.77. The minimum atomic E-state index is 0.686. The van der Waals surface area contributed by atoms with Gasteiger partial charge in [0, 0.05) is 31.2 Å². The van der Waals surface area contributed by atoms with Crippen LogP contribution in [0.4, 0.5) is 0 Å². The van der Waals surface area contributed by atoms with Crippen LogP contribution in [0.15, 0.2) is 17.6 Å². The van der Waals surface area contributed by atoms with E-state index in [1.54, 1.807) is 0 Å². The highest BCUT2D eigenvalue weighted by atomic mass is 32.2. The average Bonchev–Trinajstić information content (AvgIpc) is 2.63. The molecule has 1 N–H and O–H groups in total. The number of hydrogen-bond donors (Lipinski definition) is 1. The quantitative estimate of drug-likeness (QED) is 0.771. The molecule has 1 aromatic heterocycles. The van der Waals surface area contributed by atoms with E-state index in [4.69, 9.17) is 0 Å². The number of piperidine rings is 1. The highest BCUT2D eigenvalue weighted by molar-refractivity contribution is 7.99. The molecular weight excluding hydrogens is 194 g/mol. The smallest absolute Gasteiger partial charge is 0.167 e. The summed E-state index contributed by atoms with van der Waals surface area (Å²) in [7, 11) is 2.05. The first-order chi connectivity index (χ1) is 6.86. The van der Waals surface area contributed by atoms with E-state index in [1.165, 1.54) is 25.8 Å². The lowest BCUT2D eigenvalue weighted by Crippen LogP contribution is -2.35. The van der Waals surface area contributed by atoms with Crippen molar-refractivity contribution in [1.29, 1.82) is 0 Å². The van der Waals surface area contributed by atoms with Gasteiger partial charge in [-0.25, -0.2) is 4.98 Å². The van der Waals surface area contributed by atoms with E-state index < -0.39 is 0 Å². The number of rotatable bonds is 3. The number of aromatic nitrogens is 2. The van der Waals surface area contributed by atoms with E-state index in [0.29, 0.717) is 6.04 Å². The molecule has 0 saturated carbocycles. The van der Waals surface area contributed by atoms with Crippen LogP contribution in [0.2, 0.25) is 0 Å². The number of imidazole rings is 1. The molecule has 3 nitrogen and oxygen atoms in total. The van der Waals surface area contributed by atoms with Crippen molar-refractivity contribution in [2.75, 3.05) is 12.3 Å². The van der Waals surface area contributed by atoms with Gasteiger partial charge in [0.15, 0.2) is 5.16 Å². The fourth-order valence-corrected chi connectivity index (χ4v) is 2.77. The standard InChI is InChI=1S/C10H17N3S/c1-13-7-6-12-10(13)14-8-9-4-2-3-5-11-9/h6-7,9,11H,2-5,8H2,1H3/t9-/m1/s1. The molecule has 0 spiro atoms. The molecule has 1 atom stereocenters. The minimum absolute atomic E-state index is 0.686. The van der Waals surface area contributed by atoms with Gasteiger partial charge in [-0.1, -0.05) is 18.2 Å². The van der Waals surface area contributed by atoms with Gasteiger partial charge in [-0.3, -0.25) is 0 Å². The Morgan fingerprint density at radius 3 is 3.21 bits per heavy atom. The van der Waals surface area contributed by atoms with Crippen molar-refractivity contribution < 1.29 is 0 Å². The summed E-state index contributed by atoms with van der Waals surface area (Å²) in [6.45, 7) is 1.19. The first kappa shape index (κ1) is 10.1. The molecule has 0 aliphatic carbocycles. The Bertz CT molecular complexity index is 279. The summed E-state index contributed by atoms with van der Waals surface area (Å²) in [5.74, 6) is 1.14. The molecule has 1 saturated heterocycles. The summed E-state index contributed by atoms with van der Waals surface area (Å²) in [5.41, 5.74) is 0. The van der Waals surface area contributed by atoms with Gasteiger partial charge in [0.1, 0.15) is 0 Å². The average molecular weight is 211 g/mol. The lowest BCUT2D eigenvalue weighted by molar-refractivity contribution is 0.429. The summed E-state index contributed by atoms with van der Waals surface area (Å²) in [6.07, 6.45) is 7.88. The van der Waals surface area contributed by atoms with Crippen molar-refractivity contribution in [3.8, 4) is 0 Å². The lowest BCUT2D eigenvalue weighted by Gasteiger charge is -2.22. The highest BCUT2D eigenvalue weighted by Gasteiger charge is 2.13. The van der Waals surface area contributed by atoms with E-state index in [2.05, 4.69) is 14.9 Å². The van der Waals surface area contributed by atoms with Crippen molar-refractivity contribution >= 4 is 11.8 Å².